The van der Waals surface area contributed by atoms with Crippen LogP contribution in [0.4, 0.5) is 5.69 Å². The number of hydrogen-bond donors (Lipinski definition) is 1. The highest BCUT2D eigenvalue weighted by Crippen LogP contribution is 2.32. The van der Waals surface area contributed by atoms with E-state index < -0.39 is 4.92 Å². The van der Waals surface area contributed by atoms with Crippen LogP contribution in [0.5, 0.6) is 11.5 Å². The van der Waals surface area contributed by atoms with Gasteiger partial charge in [-0.3, -0.25) is 10.1 Å². The summed E-state index contributed by atoms with van der Waals surface area (Å²) in [6, 6.07) is 10.2. The summed E-state index contributed by atoms with van der Waals surface area (Å²) in [5, 5.41) is 10.8. The Morgan fingerprint density at radius 2 is 2.05 bits per heavy atom. The lowest BCUT2D eigenvalue weighted by Crippen LogP contribution is -1.96. The molecular formula is C14H13BrN2O3. The minimum atomic E-state index is -0.412. The SMILES string of the molecule is Cc1cc(Oc2ccc(CN)cc2Br)ccc1[N+](=O)[O-]. The molecule has 2 rings (SSSR count). The van der Waals surface area contributed by atoms with E-state index in [0.29, 0.717) is 23.6 Å². The van der Waals surface area contributed by atoms with E-state index in [2.05, 4.69) is 15.9 Å². The van der Waals surface area contributed by atoms with Crippen LogP contribution >= 0.6 is 15.9 Å². The second-order valence-electron chi connectivity index (χ2n) is 4.28. The molecule has 2 N–H and O–H groups in total. The smallest absolute Gasteiger partial charge is 0.272 e. The van der Waals surface area contributed by atoms with E-state index >= 15 is 0 Å². The van der Waals surface area contributed by atoms with Gasteiger partial charge >= 0.3 is 0 Å². The Bertz CT molecular complexity index is 659. The highest BCUT2D eigenvalue weighted by molar-refractivity contribution is 9.10. The number of nitrogens with zero attached hydrogens (tertiary/aromatic N) is 1. The number of nitrogens with two attached hydrogens (primary N) is 1. The zero-order chi connectivity index (χ0) is 14.7. The topological polar surface area (TPSA) is 78.4 Å². The lowest BCUT2D eigenvalue weighted by molar-refractivity contribution is -0.385. The predicted octanol–water partition coefficient (Wildman–Crippen LogP) is 3.92. The lowest BCUT2D eigenvalue weighted by atomic mass is 10.2. The molecule has 0 saturated heterocycles. The molecule has 5 nitrogen and oxygen atoms in total. The second-order valence-corrected chi connectivity index (χ2v) is 5.13. The van der Waals surface area contributed by atoms with Crippen LogP contribution in [0.3, 0.4) is 0 Å². The van der Waals surface area contributed by atoms with Crippen molar-refractivity contribution in [3.8, 4) is 11.5 Å². The number of nitro groups is 1. The van der Waals surface area contributed by atoms with Crippen molar-refractivity contribution in [1.82, 2.24) is 0 Å². The van der Waals surface area contributed by atoms with Gasteiger partial charge in [0.1, 0.15) is 11.5 Å². The first-order valence-electron chi connectivity index (χ1n) is 5.92. The van der Waals surface area contributed by atoms with Gasteiger partial charge in [-0.1, -0.05) is 6.07 Å². The van der Waals surface area contributed by atoms with Crippen molar-refractivity contribution < 1.29 is 9.66 Å². The van der Waals surface area contributed by atoms with Crippen LogP contribution in [-0.2, 0) is 6.54 Å². The highest BCUT2D eigenvalue weighted by Gasteiger charge is 2.11. The molecule has 0 saturated carbocycles. The third kappa shape index (κ3) is 3.15. The maximum atomic E-state index is 10.8. The van der Waals surface area contributed by atoms with Gasteiger partial charge in [-0.25, -0.2) is 0 Å². The molecule has 0 spiro atoms. The fraction of sp³-hybridized carbons (Fsp3) is 0.143. The minimum Gasteiger partial charge on any atom is -0.456 e. The van der Waals surface area contributed by atoms with Gasteiger partial charge in [0.25, 0.3) is 5.69 Å². The number of hydrogen-bond acceptors (Lipinski definition) is 4. The summed E-state index contributed by atoms with van der Waals surface area (Å²) in [4.78, 5) is 10.3. The number of halogens is 1. The third-order valence-electron chi connectivity index (χ3n) is 2.82. The molecule has 0 aliphatic heterocycles. The molecule has 0 atom stereocenters. The van der Waals surface area contributed by atoms with Crippen LogP contribution in [0, 0.1) is 17.0 Å². The maximum absolute atomic E-state index is 10.8. The fourth-order valence-electron chi connectivity index (χ4n) is 1.78. The Labute approximate surface area is 124 Å². The summed E-state index contributed by atoms with van der Waals surface area (Å²) >= 11 is 3.41. The average molecular weight is 337 g/mol. The van der Waals surface area contributed by atoms with Crippen LogP contribution in [0.1, 0.15) is 11.1 Å². The third-order valence-corrected chi connectivity index (χ3v) is 3.44. The molecule has 0 unspecified atom stereocenters. The quantitative estimate of drug-likeness (QED) is 0.677. The van der Waals surface area contributed by atoms with Gasteiger partial charge in [0.2, 0.25) is 0 Å². The van der Waals surface area contributed by atoms with Gasteiger partial charge in [0.15, 0.2) is 0 Å². The van der Waals surface area contributed by atoms with Gasteiger partial charge in [-0.15, -0.1) is 0 Å². The van der Waals surface area contributed by atoms with Crippen LogP contribution in [0.25, 0.3) is 0 Å². The van der Waals surface area contributed by atoms with Gasteiger partial charge in [-0.2, -0.15) is 0 Å². The molecule has 6 heteroatoms. The normalized spacial score (nSPS) is 10.3. The Kier molecular flexibility index (Phi) is 4.36. The van der Waals surface area contributed by atoms with Crippen LogP contribution in [0.15, 0.2) is 40.9 Å². The summed E-state index contributed by atoms with van der Waals surface area (Å²) < 4.78 is 6.50. The summed E-state index contributed by atoms with van der Waals surface area (Å²) in [6.07, 6.45) is 0. The molecule has 20 heavy (non-hydrogen) atoms. The monoisotopic (exact) mass is 336 g/mol. The van der Waals surface area contributed by atoms with Crippen molar-refractivity contribution in [2.45, 2.75) is 13.5 Å². The standard InChI is InChI=1S/C14H13BrN2O3/c1-9-6-11(3-4-13(9)17(18)19)20-14-5-2-10(8-16)7-12(14)15/h2-7H,8,16H2,1H3. The Morgan fingerprint density at radius 1 is 1.30 bits per heavy atom. The van der Waals surface area contributed by atoms with E-state index in [0.717, 1.165) is 10.0 Å². The molecule has 0 amide bonds. The first-order chi connectivity index (χ1) is 9.51. The summed E-state index contributed by atoms with van der Waals surface area (Å²) in [5.74, 6) is 1.18. The zero-order valence-corrected chi connectivity index (χ0v) is 12.4. The highest BCUT2D eigenvalue weighted by atomic mass is 79.9. The van der Waals surface area contributed by atoms with Crippen molar-refractivity contribution in [2.24, 2.45) is 5.73 Å². The van der Waals surface area contributed by atoms with Crippen LogP contribution < -0.4 is 10.5 Å². The van der Waals surface area contributed by atoms with Gasteiger partial charge in [-0.05, 0) is 52.7 Å². The summed E-state index contributed by atoms with van der Waals surface area (Å²) in [5.41, 5.74) is 7.19. The molecule has 0 heterocycles. The number of benzene rings is 2. The molecule has 0 aliphatic rings. The Balaban J connectivity index is 2.26. The van der Waals surface area contributed by atoms with Crippen molar-refractivity contribution >= 4 is 21.6 Å². The summed E-state index contributed by atoms with van der Waals surface area (Å²) in [6.45, 7) is 2.13. The van der Waals surface area contributed by atoms with E-state index in [1.54, 1.807) is 19.1 Å². The van der Waals surface area contributed by atoms with Gasteiger partial charge in [0, 0.05) is 18.2 Å². The predicted molar refractivity (Wildman–Crippen MR) is 79.9 cm³/mol. The number of nitro benzene ring substituents is 1. The number of ether oxygens (including phenoxy) is 1. The Morgan fingerprint density at radius 3 is 2.60 bits per heavy atom. The summed E-state index contributed by atoms with van der Waals surface area (Å²) in [7, 11) is 0. The number of aryl methyl sites for hydroxylation is 1. The van der Waals surface area contributed by atoms with Gasteiger partial charge in [0.05, 0.1) is 9.40 Å². The van der Waals surface area contributed by atoms with E-state index in [1.165, 1.54) is 6.07 Å². The lowest BCUT2D eigenvalue weighted by Gasteiger charge is -2.09. The number of rotatable bonds is 4. The van der Waals surface area contributed by atoms with Crippen molar-refractivity contribution in [2.75, 3.05) is 0 Å². The second kappa shape index (κ2) is 6.02. The van der Waals surface area contributed by atoms with Crippen molar-refractivity contribution in [1.29, 1.82) is 0 Å². The fourth-order valence-corrected chi connectivity index (χ4v) is 2.28. The van der Waals surface area contributed by atoms with Gasteiger partial charge < -0.3 is 10.5 Å². The van der Waals surface area contributed by atoms with Crippen molar-refractivity contribution in [3.63, 3.8) is 0 Å². The maximum Gasteiger partial charge on any atom is 0.272 e. The molecular weight excluding hydrogens is 324 g/mol. The van der Waals surface area contributed by atoms with E-state index in [-0.39, 0.29) is 5.69 Å². The minimum absolute atomic E-state index is 0.0786. The van der Waals surface area contributed by atoms with E-state index in [9.17, 15) is 10.1 Å². The van der Waals surface area contributed by atoms with E-state index in [1.807, 2.05) is 18.2 Å². The average Bonchev–Trinajstić information content (AvgIpc) is 2.40. The first-order valence-corrected chi connectivity index (χ1v) is 6.72. The van der Waals surface area contributed by atoms with E-state index in [4.69, 9.17) is 10.5 Å². The molecule has 0 radical (unpaired) electrons. The molecule has 104 valence electrons. The molecule has 2 aromatic carbocycles. The molecule has 0 aromatic heterocycles. The molecule has 2 aromatic rings. The Hall–Kier alpha value is -1.92. The largest absolute Gasteiger partial charge is 0.456 e. The molecule has 0 bridgehead atoms. The first kappa shape index (κ1) is 14.5. The van der Waals surface area contributed by atoms with Crippen molar-refractivity contribution in [3.05, 3.63) is 62.1 Å². The molecule has 0 fully saturated rings. The van der Waals surface area contributed by atoms with Crippen LogP contribution in [-0.4, -0.2) is 4.92 Å². The zero-order valence-electron chi connectivity index (χ0n) is 10.8. The molecule has 0 aliphatic carbocycles. The van der Waals surface area contributed by atoms with Crippen LogP contribution in [0.2, 0.25) is 0 Å².